The first kappa shape index (κ1) is 61.6. The van der Waals surface area contributed by atoms with Crippen molar-refractivity contribution in [2.24, 2.45) is 5.73 Å². The number of phenols is 1. The van der Waals surface area contributed by atoms with Crippen molar-refractivity contribution in [3.05, 3.63) is 143 Å². The van der Waals surface area contributed by atoms with Crippen LogP contribution in [0.2, 0.25) is 0 Å². The van der Waals surface area contributed by atoms with Crippen molar-refractivity contribution in [2.75, 3.05) is 67.1 Å². The van der Waals surface area contributed by atoms with Gasteiger partial charge in [-0.1, -0.05) is 81.4 Å². The Hall–Kier alpha value is -3.59. The number of carbonyl (C=O) groups excluding carboxylic acids is 7. The normalized spacial score (nSPS) is 15.7. The molecule has 89 heavy (non-hydrogen) atoms. The van der Waals surface area contributed by atoms with Crippen molar-refractivity contribution in [2.45, 2.75) is 77.4 Å². The molecule has 0 radical (unpaired) electrons. The van der Waals surface area contributed by atoms with Gasteiger partial charge in [-0.15, -0.1) is 0 Å². The molecule has 5 N–H and O–H groups in total. The predicted molar refractivity (Wildman–Crippen MR) is 332 cm³/mol. The van der Waals surface area contributed by atoms with Crippen molar-refractivity contribution in [3.63, 3.8) is 0 Å². The summed E-state index contributed by atoms with van der Waals surface area (Å²) in [7, 11) is -1.00. The number of hydrogen-bond acceptors (Lipinski definition) is 22. The van der Waals surface area contributed by atoms with Crippen LogP contribution in [-0.4, -0.2) is 134 Å². The Labute approximate surface area is 660 Å². The van der Waals surface area contributed by atoms with Crippen LogP contribution in [-0.2, 0) is 52.5 Å². The molecule has 24 nitrogen and oxygen atoms in total. The van der Waals surface area contributed by atoms with E-state index in [-0.39, 0.29) is 161 Å². The second-order valence-electron chi connectivity index (χ2n) is 17.7. The second kappa shape index (κ2) is 46.5. The van der Waals surface area contributed by atoms with Gasteiger partial charge in [-0.3, -0.25) is 18.6 Å². The van der Waals surface area contributed by atoms with Gasteiger partial charge in [-0.25, -0.2) is 19.2 Å². The molecule has 0 aromatic heterocycles. The van der Waals surface area contributed by atoms with Crippen LogP contribution in [0.4, 0.5) is 4.79 Å². The first-order valence-electron chi connectivity index (χ1n) is 31.9. The Kier molecular flexibility index (Phi) is 32.2. The number of phenolic OH excluding ortho intramolecular Hbond substituents is 1. The molecule has 5 aromatic carbocycles. The molecule has 0 fully saturated rings. The zero-order valence-corrected chi connectivity index (χ0v) is 63.0. The minimum absolute atomic E-state index is 0. The van der Waals surface area contributed by atoms with Gasteiger partial charge in [0, 0.05) is 42.8 Å². The number of carbonyl (C=O) groups is 7. The third kappa shape index (κ3) is 37.6. The number of aryl methyl sites for hydroxylation is 1. The molecule has 0 bridgehead atoms. The first-order chi connectivity index (χ1) is 46.6. The molecule has 0 unspecified atom stereocenters. The number of hydrogen-bond donors (Lipinski definition) is 4. The molecular formula is C58H71Br4K2N3O21S. The van der Waals surface area contributed by atoms with Gasteiger partial charge >= 0.3 is 133 Å². The molecule has 1 heterocycles. The first-order valence-corrected chi connectivity index (χ1v) is 28.5. The molecule has 31 heteroatoms. The fourth-order valence-electron chi connectivity index (χ4n) is 5.37. The molecule has 5 aromatic rings. The van der Waals surface area contributed by atoms with E-state index in [0.717, 1.165) is 17.1 Å². The van der Waals surface area contributed by atoms with Crippen LogP contribution in [0.1, 0.15) is 125 Å². The number of nitrogens with one attached hydrogen (secondary N) is 2. The van der Waals surface area contributed by atoms with Gasteiger partial charge in [0.15, 0.2) is 0 Å². The molecular weight excluding hydrogens is 1500 g/mol. The van der Waals surface area contributed by atoms with Gasteiger partial charge in [0.1, 0.15) is 64.0 Å². The van der Waals surface area contributed by atoms with Crippen LogP contribution in [0.15, 0.2) is 120 Å². The summed E-state index contributed by atoms with van der Waals surface area (Å²) in [4.78, 5) is 80.6. The number of nitrogens with two attached hydrogens (primary N) is 1. The Balaban J connectivity index is -0.00000125. The van der Waals surface area contributed by atoms with E-state index in [1.165, 1.54) is 120 Å². The Morgan fingerprint density at radius 3 is 1.69 bits per heavy atom. The van der Waals surface area contributed by atoms with E-state index < -0.39 is 116 Å². The number of ether oxygens (including phenoxy) is 8. The Morgan fingerprint density at radius 2 is 1.20 bits per heavy atom. The average molecular weight is 1590 g/mol. The topological polar surface area (TPSA) is 339 Å². The fraction of sp³-hybridized carbons (Fsp3) is 0.362. The molecule has 0 spiro atoms. The third-order valence-corrected chi connectivity index (χ3v) is 12.0. The maximum absolute atomic E-state index is 12.1. The van der Waals surface area contributed by atoms with Crippen LogP contribution in [0.3, 0.4) is 0 Å². The monoisotopic (exact) mass is 1590 g/mol. The van der Waals surface area contributed by atoms with E-state index in [9.17, 15) is 42.3 Å². The van der Waals surface area contributed by atoms with Crippen LogP contribution in [0.25, 0.3) is 0 Å². The summed E-state index contributed by atoms with van der Waals surface area (Å²) in [5.41, 5.74) is 4.19. The molecule has 2 amide bonds. The maximum atomic E-state index is 12.1. The van der Waals surface area contributed by atoms with Crippen molar-refractivity contribution >= 4 is 116 Å². The van der Waals surface area contributed by atoms with Crippen LogP contribution < -0.4 is 139 Å². The largest absolute Gasteiger partial charge is 1.00 e. The number of benzene rings is 5. The van der Waals surface area contributed by atoms with Crippen LogP contribution >= 0.6 is 63.7 Å². The third-order valence-electron chi connectivity index (χ3n) is 8.85. The van der Waals surface area contributed by atoms with Gasteiger partial charge < -0.3 is 70.9 Å². The number of amides is 2. The van der Waals surface area contributed by atoms with Gasteiger partial charge in [0.2, 0.25) is 0 Å². The summed E-state index contributed by atoms with van der Waals surface area (Å²) >= 11 is 12.7. The fourth-order valence-corrected chi connectivity index (χ4v) is 7.53. The van der Waals surface area contributed by atoms with E-state index in [0.29, 0.717) is 13.4 Å². The minimum atomic E-state index is -4.60. The summed E-state index contributed by atoms with van der Waals surface area (Å²) in [5, 5.41) is 21.3. The molecule has 0 saturated carbocycles. The summed E-state index contributed by atoms with van der Waals surface area (Å²) in [5.74, 6) is -4.11. The number of alkyl carbamates (subject to hydrolysis) is 1. The zero-order chi connectivity index (χ0) is 80.3. The summed E-state index contributed by atoms with van der Waals surface area (Å²) < 4.78 is 191. The van der Waals surface area contributed by atoms with Crippen molar-refractivity contribution in [1.29, 1.82) is 0 Å². The Bertz CT molecular complexity index is 3920. The van der Waals surface area contributed by atoms with Crippen LogP contribution in [0, 0.1) is 6.92 Å². The SMILES string of the molecule is COC(=O)c1cc(Br)ccc1O.O=CO[O-].[2H]C([2H])(CC(=O)OC(C)(C)C)C([2H])([2H])Oc1ccc(Br)cc1C(=O)OC.[2H]C([2H])(N)C([2H])([2H])Oc1ccc(Br)cc1C(=O)OC.[2H]C([2H])(NC(=O)OC(C)(C)C)C([2H])([2H])OS(=O)(=O)c1ccc(C)cc1.[2H]C1([2H])NC(=O)c2cc(Br)ccc2OC1([2H])[2H].[H-].[K+].[K+]. The number of methoxy groups -OCH3 is 3. The van der Waals surface area contributed by atoms with Crippen molar-refractivity contribution in [1.82, 2.24) is 10.6 Å². The zero-order valence-electron chi connectivity index (χ0n) is 66.6. The van der Waals surface area contributed by atoms with E-state index in [1.54, 1.807) is 45.1 Å². The molecule has 0 atom stereocenters. The Morgan fingerprint density at radius 1 is 0.742 bits per heavy atom. The molecule has 0 saturated heterocycles. The predicted octanol–water partition coefficient (Wildman–Crippen LogP) is 3.60. The van der Waals surface area contributed by atoms with E-state index in [4.69, 9.17) is 61.4 Å². The van der Waals surface area contributed by atoms with Gasteiger partial charge in [0.05, 0.1) is 67.9 Å². The molecule has 6 rings (SSSR count). The number of halogens is 4. The second-order valence-corrected chi connectivity index (χ2v) is 22.9. The molecule has 1 aliphatic heterocycles. The van der Waals surface area contributed by atoms with Gasteiger partial charge in [-0.2, -0.15) is 8.42 Å². The molecule has 1 aliphatic rings. The van der Waals surface area contributed by atoms with Gasteiger partial charge in [-0.05, 0) is 140 Å². The number of esters is 4. The minimum Gasteiger partial charge on any atom is -1.00 e. The van der Waals surface area contributed by atoms with E-state index in [2.05, 4.69) is 87.0 Å². The van der Waals surface area contributed by atoms with E-state index in [1.807, 2.05) is 5.32 Å². The average Bonchev–Trinajstić information content (AvgIpc) is 1.40. The summed E-state index contributed by atoms with van der Waals surface area (Å²) in [6.45, 7) is -9.21. The smallest absolute Gasteiger partial charge is 1.00 e. The van der Waals surface area contributed by atoms with Crippen molar-refractivity contribution in [3.8, 4) is 23.0 Å². The summed E-state index contributed by atoms with van der Waals surface area (Å²) in [6, 6.07) is 22.8. The molecule has 0 aliphatic carbocycles. The number of rotatable bonds is 17. The maximum Gasteiger partial charge on any atom is 1.00 e. The number of aromatic hydroxyl groups is 1. The quantitative estimate of drug-likeness (QED) is 0.0196. The van der Waals surface area contributed by atoms with E-state index >= 15 is 0 Å². The van der Waals surface area contributed by atoms with Gasteiger partial charge in [0.25, 0.3) is 22.5 Å². The standard InChI is InChI=1S/C16H21BrO5.C14H21NO5S.C10H12BrNO3.C9H8BrNO2.C8H7BrO3.CH2O3.2K.H/c1-16(2,3)22-14(18)6-5-9-21-13-8-7-11(17)10-12(13)15(19)20-4;1-11-5-7-12(8-6-11)21(17,18)19-10-9-15-13(16)20-14(2,3)4;1-14-10(13)8-6-7(11)2-3-9(8)15-5-4-12;10-6-1-2-8-7(5-6)9(12)11-3-4-13-8;1-12-8(11)6-4-5(9)2-3-7(6)10;2-1-4-3;;;/h7-8,10H,5-6,9H2,1-4H3;5-8H,9-10H2,1-4H3,(H,15,16);2-3,6H,4-5,12H2,1H3;1-2,5H,3-4H2,(H,11,12);2-4,10H,1H3;1,3H;;;/q;;;;;;2*+1;-1/p-1/i5D2,9D2;9D2,10D2;4D2,5D2;3D2,4D2;;;;;. The summed E-state index contributed by atoms with van der Waals surface area (Å²) in [6.07, 6.45) is -4.82. The van der Waals surface area contributed by atoms with Crippen LogP contribution in [0.5, 0.6) is 23.0 Å². The van der Waals surface area contributed by atoms with Crippen molar-refractivity contribution < 1.29 is 225 Å². The molecule has 480 valence electrons. The number of fused-ring (bicyclic) bond motifs is 1.